The minimum absolute atomic E-state index is 0.0305. The number of alkyl halides is 3. The lowest BCUT2D eigenvalue weighted by Gasteiger charge is -2.31. The van der Waals surface area contributed by atoms with Crippen LogP contribution in [0.2, 0.25) is 0 Å². The summed E-state index contributed by atoms with van der Waals surface area (Å²) in [5.41, 5.74) is 1.77. The van der Waals surface area contributed by atoms with Crippen LogP contribution in [0.3, 0.4) is 0 Å². The summed E-state index contributed by atoms with van der Waals surface area (Å²) in [6.45, 7) is 1.49. The quantitative estimate of drug-likeness (QED) is 0.406. The molecule has 0 radical (unpaired) electrons. The third kappa shape index (κ3) is 4.92. The number of aromatic nitrogens is 4. The van der Waals surface area contributed by atoms with Crippen molar-refractivity contribution >= 4 is 22.5 Å². The molecule has 1 fully saturated rings. The number of halogens is 3. The van der Waals surface area contributed by atoms with Gasteiger partial charge in [0.25, 0.3) is 0 Å². The highest BCUT2D eigenvalue weighted by molar-refractivity contribution is 5.94. The van der Waals surface area contributed by atoms with Gasteiger partial charge in [0.1, 0.15) is 18.4 Å². The second-order valence-electron chi connectivity index (χ2n) is 8.82. The van der Waals surface area contributed by atoms with Gasteiger partial charge in [0, 0.05) is 17.1 Å². The van der Waals surface area contributed by atoms with E-state index in [0.717, 1.165) is 41.6 Å². The molecule has 0 spiro atoms. The van der Waals surface area contributed by atoms with Gasteiger partial charge in [-0.1, -0.05) is 0 Å². The maximum Gasteiger partial charge on any atom is 0.416 e. The molecule has 5 rings (SSSR count). The van der Waals surface area contributed by atoms with E-state index in [1.54, 1.807) is 7.11 Å². The van der Waals surface area contributed by atoms with Gasteiger partial charge in [-0.3, -0.25) is 9.69 Å². The van der Waals surface area contributed by atoms with Gasteiger partial charge >= 0.3 is 6.18 Å². The molecule has 1 aliphatic rings. The van der Waals surface area contributed by atoms with Crippen LogP contribution in [0.5, 0.6) is 5.75 Å². The van der Waals surface area contributed by atoms with Crippen LogP contribution in [-0.4, -0.2) is 57.3 Å². The highest BCUT2D eigenvalue weighted by Crippen LogP contribution is 2.35. The Labute approximate surface area is 205 Å². The van der Waals surface area contributed by atoms with Crippen LogP contribution in [0.15, 0.2) is 55.2 Å². The fourth-order valence-electron chi connectivity index (χ4n) is 4.73. The molecule has 2 aromatic heterocycles. The predicted octanol–water partition coefficient (Wildman–Crippen LogP) is 4.59. The number of carbonyl (C=O) groups is 1. The Kier molecular flexibility index (Phi) is 6.40. The second kappa shape index (κ2) is 9.65. The van der Waals surface area contributed by atoms with E-state index < -0.39 is 11.7 Å². The molecule has 0 bridgehead atoms. The molecule has 8 nitrogen and oxygen atoms in total. The lowest BCUT2D eigenvalue weighted by molar-refractivity contribution is -0.137. The first-order valence-electron chi connectivity index (χ1n) is 11.6. The third-order valence-corrected chi connectivity index (χ3v) is 6.58. The summed E-state index contributed by atoms with van der Waals surface area (Å²) in [6.07, 6.45) is 1.88. The average Bonchev–Trinajstić information content (AvgIpc) is 3.54. The molecule has 0 atom stereocenters. The molecule has 1 amide bonds. The van der Waals surface area contributed by atoms with E-state index in [1.807, 2.05) is 29.3 Å². The summed E-state index contributed by atoms with van der Waals surface area (Å²) in [7, 11) is 1.64. The number of methoxy groups -OCH3 is 1. The zero-order valence-corrected chi connectivity index (χ0v) is 19.5. The number of amides is 1. The van der Waals surface area contributed by atoms with Crippen molar-refractivity contribution in [1.29, 1.82) is 0 Å². The molecule has 0 aliphatic carbocycles. The number of rotatable bonds is 6. The van der Waals surface area contributed by atoms with Crippen molar-refractivity contribution in [3.63, 3.8) is 0 Å². The van der Waals surface area contributed by atoms with Crippen LogP contribution in [0.25, 0.3) is 16.6 Å². The number of nitrogens with one attached hydrogen (secondary N) is 2. The maximum absolute atomic E-state index is 13.3. The van der Waals surface area contributed by atoms with E-state index in [4.69, 9.17) is 4.74 Å². The van der Waals surface area contributed by atoms with Crippen LogP contribution in [0.1, 0.15) is 29.9 Å². The van der Waals surface area contributed by atoms with Gasteiger partial charge in [0.15, 0.2) is 0 Å². The van der Waals surface area contributed by atoms with Crippen molar-refractivity contribution in [2.24, 2.45) is 0 Å². The molecule has 4 aromatic rings. The van der Waals surface area contributed by atoms with Gasteiger partial charge in [-0.2, -0.15) is 18.3 Å². The third-order valence-electron chi connectivity index (χ3n) is 6.58. The molecule has 2 aromatic carbocycles. The lowest BCUT2D eigenvalue weighted by atomic mass is 9.89. The van der Waals surface area contributed by atoms with E-state index in [9.17, 15) is 18.0 Å². The first-order chi connectivity index (χ1) is 17.3. The van der Waals surface area contributed by atoms with Gasteiger partial charge in [-0.15, -0.1) is 0 Å². The number of anilines is 1. The number of ether oxygens (including phenoxy) is 1. The topological polar surface area (TPSA) is 88.1 Å². The van der Waals surface area contributed by atoms with E-state index in [1.165, 1.54) is 29.0 Å². The Morgan fingerprint density at radius 2 is 2.00 bits per heavy atom. The standard InChI is InChI=1S/C25H25F3N6O2/c1-36-18-3-4-21-19(11-18)20(12-30-21)16-6-8-33(9-7-16)13-24(35)32-22-10-17(25(26,27)28)2-5-23(22)34-15-29-14-31-34/h2-5,10-12,14-16,30H,6-9,13H2,1H3,(H,32,35). The summed E-state index contributed by atoms with van der Waals surface area (Å²) in [5.74, 6) is 0.760. The highest BCUT2D eigenvalue weighted by atomic mass is 19.4. The number of likely N-dealkylation sites (tertiary alicyclic amines) is 1. The number of aromatic amines is 1. The molecule has 0 unspecified atom stereocenters. The zero-order chi connectivity index (χ0) is 25.3. The average molecular weight is 499 g/mol. The summed E-state index contributed by atoms with van der Waals surface area (Å²) in [4.78, 5) is 22.0. The van der Waals surface area contributed by atoms with Gasteiger partial charge in [0.2, 0.25) is 5.91 Å². The largest absolute Gasteiger partial charge is 0.497 e. The van der Waals surface area contributed by atoms with Crippen LogP contribution in [0, 0.1) is 0 Å². The molecule has 11 heteroatoms. The monoisotopic (exact) mass is 498 g/mol. The summed E-state index contributed by atoms with van der Waals surface area (Å²) in [5, 5.41) is 7.76. The van der Waals surface area contributed by atoms with Crippen LogP contribution in [-0.2, 0) is 11.0 Å². The van der Waals surface area contributed by atoms with E-state index >= 15 is 0 Å². The molecule has 188 valence electrons. The van der Waals surface area contributed by atoms with E-state index in [-0.39, 0.29) is 18.1 Å². The van der Waals surface area contributed by atoms with Crippen LogP contribution in [0.4, 0.5) is 18.9 Å². The SMILES string of the molecule is COc1ccc2[nH]cc(C3CCN(CC(=O)Nc4cc(C(F)(F)F)ccc4-n4cncn4)CC3)c2c1. The molecular formula is C25H25F3N6O2. The Hall–Kier alpha value is -3.86. The first kappa shape index (κ1) is 23.9. The number of hydrogen-bond acceptors (Lipinski definition) is 5. The molecule has 1 saturated heterocycles. The fraction of sp³-hybridized carbons (Fsp3) is 0.320. The van der Waals surface area contributed by atoms with E-state index in [0.29, 0.717) is 24.7 Å². The Balaban J connectivity index is 1.25. The summed E-state index contributed by atoms with van der Waals surface area (Å²) < 4.78 is 46.5. The minimum atomic E-state index is -4.53. The van der Waals surface area contributed by atoms with Crippen molar-refractivity contribution in [2.75, 3.05) is 32.1 Å². The number of piperidine rings is 1. The van der Waals surface area contributed by atoms with Crippen molar-refractivity contribution in [3.8, 4) is 11.4 Å². The first-order valence-corrected chi connectivity index (χ1v) is 11.6. The maximum atomic E-state index is 13.3. The molecule has 2 N–H and O–H groups in total. The van der Waals surface area contributed by atoms with Crippen molar-refractivity contribution in [1.82, 2.24) is 24.6 Å². The number of hydrogen-bond donors (Lipinski definition) is 2. The number of H-pyrrole nitrogens is 1. The van der Waals surface area contributed by atoms with Crippen molar-refractivity contribution < 1.29 is 22.7 Å². The molecule has 0 saturated carbocycles. The number of fused-ring (bicyclic) bond motifs is 1. The van der Waals surface area contributed by atoms with Crippen LogP contribution >= 0.6 is 0 Å². The Morgan fingerprint density at radius 3 is 2.69 bits per heavy atom. The highest BCUT2D eigenvalue weighted by Gasteiger charge is 2.32. The number of carbonyl (C=O) groups excluding carboxylic acids is 1. The number of nitrogens with zero attached hydrogens (tertiary/aromatic N) is 4. The summed E-state index contributed by atoms with van der Waals surface area (Å²) >= 11 is 0. The van der Waals surface area contributed by atoms with Crippen LogP contribution < -0.4 is 10.1 Å². The Morgan fingerprint density at radius 1 is 1.19 bits per heavy atom. The normalized spacial score (nSPS) is 15.3. The lowest BCUT2D eigenvalue weighted by Crippen LogP contribution is -2.38. The van der Waals surface area contributed by atoms with Gasteiger partial charge < -0.3 is 15.0 Å². The van der Waals surface area contributed by atoms with Gasteiger partial charge in [-0.25, -0.2) is 9.67 Å². The molecule has 1 aliphatic heterocycles. The zero-order valence-electron chi connectivity index (χ0n) is 19.5. The van der Waals surface area contributed by atoms with Crippen molar-refractivity contribution in [2.45, 2.75) is 24.9 Å². The van der Waals surface area contributed by atoms with Crippen molar-refractivity contribution in [3.05, 3.63) is 66.4 Å². The minimum Gasteiger partial charge on any atom is -0.497 e. The fourth-order valence-corrected chi connectivity index (χ4v) is 4.73. The number of benzene rings is 2. The van der Waals surface area contributed by atoms with E-state index in [2.05, 4.69) is 20.4 Å². The predicted molar refractivity (Wildman–Crippen MR) is 128 cm³/mol. The summed E-state index contributed by atoms with van der Waals surface area (Å²) in [6, 6.07) is 9.10. The molecule has 36 heavy (non-hydrogen) atoms. The second-order valence-corrected chi connectivity index (χ2v) is 8.82. The van der Waals surface area contributed by atoms with Gasteiger partial charge in [0.05, 0.1) is 30.6 Å². The smallest absolute Gasteiger partial charge is 0.416 e. The molecule has 3 heterocycles. The van der Waals surface area contributed by atoms with Gasteiger partial charge in [-0.05, 0) is 73.8 Å². The Bertz CT molecular complexity index is 1360. The molecular weight excluding hydrogens is 473 g/mol.